The number of rotatable bonds is 3. The fourth-order valence-electron chi connectivity index (χ4n) is 3.80. The molecule has 0 aliphatic carbocycles. The Kier molecular flexibility index (Phi) is 4.86. The summed E-state index contributed by atoms with van der Waals surface area (Å²) in [5.74, 6) is -0.155. The molecule has 26 heavy (non-hydrogen) atoms. The molecule has 1 unspecified atom stereocenters. The summed E-state index contributed by atoms with van der Waals surface area (Å²) in [6, 6.07) is 10.6. The largest absolute Gasteiger partial charge is 0.338 e. The summed E-state index contributed by atoms with van der Waals surface area (Å²) >= 11 is 1.75. The van der Waals surface area contributed by atoms with Gasteiger partial charge in [0.1, 0.15) is 0 Å². The highest BCUT2D eigenvalue weighted by Crippen LogP contribution is 2.28. The minimum atomic E-state index is -3.53. The lowest BCUT2D eigenvalue weighted by Crippen LogP contribution is -2.47. The number of sulfonamides is 1. The van der Waals surface area contributed by atoms with Crippen LogP contribution in [-0.2, 0) is 27.8 Å². The van der Waals surface area contributed by atoms with Gasteiger partial charge in [0, 0.05) is 31.1 Å². The van der Waals surface area contributed by atoms with Gasteiger partial charge in [0.25, 0.3) is 0 Å². The average molecular weight is 391 g/mol. The molecule has 0 bridgehead atoms. The van der Waals surface area contributed by atoms with Crippen LogP contribution in [0, 0.1) is 5.92 Å². The third-order valence-electron chi connectivity index (χ3n) is 5.23. The first-order valence-corrected chi connectivity index (χ1v) is 11.3. The number of amides is 1. The fraction of sp³-hybridized carbons (Fsp3) is 0.421. The van der Waals surface area contributed by atoms with E-state index in [1.54, 1.807) is 41.7 Å². The molecule has 0 N–H and O–H groups in total. The Morgan fingerprint density at radius 1 is 1.12 bits per heavy atom. The number of fused-ring (bicyclic) bond motifs is 1. The van der Waals surface area contributed by atoms with Gasteiger partial charge in [0.2, 0.25) is 15.9 Å². The minimum absolute atomic E-state index is 0.0924. The molecule has 2 aliphatic heterocycles. The predicted octanol–water partition coefficient (Wildman–Crippen LogP) is 2.73. The minimum Gasteiger partial charge on any atom is -0.338 e. The maximum Gasteiger partial charge on any atom is 0.243 e. The van der Waals surface area contributed by atoms with Crippen molar-refractivity contribution in [2.24, 2.45) is 5.92 Å². The summed E-state index contributed by atoms with van der Waals surface area (Å²) in [4.78, 5) is 16.6. The molecule has 1 saturated heterocycles. The van der Waals surface area contributed by atoms with Crippen molar-refractivity contribution in [3.8, 4) is 0 Å². The smallest absolute Gasteiger partial charge is 0.243 e. The van der Waals surface area contributed by atoms with Gasteiger partial charge in [-0.15, -0.1) is 11.3 Å². The van der Waals surface area contributed by atoms with Crippen LogP contribution >= 0.6 is 11.3 Å². The lowest BCUT2D eigenvalue weighted by molar-refractivity contribution is -0.137. The molecular weight excluding hydrogens is 368 g/mol. The molecule has 0 saturated carbocycles. The first-order valence-electron chi connectivity index (χ1n) is 8.95. The lowest BCUT2D eigenvalue weighted by atomic mass is 9.97. The summed E-state index contributed by atoms with van der Waals surface area (Å²) in [6.07, 6.45) is 2.38. The van der Waals surface area contributed by atoms with Gasteiger partial charge in [-0.05, 0) is 48.4 Å². The maximum absolute atomic E-state index is 13.0. The molecule has 1 aromatic carbocycles. The zero-order valence-corrected chi connectivity index (χ0v) is 16.1. The molecule has 0 spiro atoms. The molecule has 2 aromatic rings. The Morgan fingerprint density at radius 2 is 1.92 bits per heavy atom. The molecule has 4 rings (SSSR count). The van der Waals surface area contributed by atoms with E-state index in [0.717, 1.165) is 25.8 Å². The van der Waals surface area contributed by atoms with E-state index in [1.807, 2.05) is 4.90 Å². The molecule has 0 radical (unpaired) electrons. The SMILES string of the molecule is O=C(C1CCCN(S(=O)(=O)c2ccccc2)C1)N1CCc2sccc2C1. The van der Waals surface area contributed by atoms with Crippen LogP contribution in [0.2, 0.25) is 0 Å². The van der Waals surface area contributed by atoms with Gasteiger partial charge in [0.15, 0.2) is 0 Å². The van der Waals surface area contributed by atoms with E-state index in [4.69, 9.17) is 0 Å². The molecule has 138 valence electrons. The van der Waals surface area contributed by atoms with Gasteiger partial charge in [-0.25, -0.2) is 8.42 Å². The van der Waals surface area contributed by atoms with Crippen molar-refractivity contribution >= 4 is 27.3 Å². The number of nitrogens with zero attached hydrogens (tertiary/aromatic N) is 2. The quantitative estimate of drug-likeness (QED) is 0.810. The summed E-state index contributed by atoms with van der Waals surface area (Å²) in [7, 11) is -3.53. The zero-order chi connectivity index (χ0) is 18.1. The Hall–Kier alpha value is -1.70. The Balaban J connectivity index is 1.48. The highest BCUT2D eigenvalue weighted by molar-refractivity contribution is 7.89. The molecule has 7 heteroatoms. The van der Waals surface area contributed by atoms with Crippen molar-refractivity contribution in [2.75, 3.05) is 19.6 Å². The highest BCUT2D eigenvalue weighted by atomic mass is 32.2. The average Bonchev–Trinajstić information content (AvgIpc) is 3.16. The summed E-state index contributed by atoms with van der Waals surface area (Å²) < 4.78 is 27.2. The van der Waals surface area contributed by atoms with Crippen molar-refractivity contribution in [3.05, 3.63) is 52.2 Å². The molecular formula is C19H22N2O3S2. The second-order valence-corrected chi connectivity index (χ2v) is 9.83. The van der Waals surface area contributed by atoms with Gasteiger partial charge in [-0.1, -0.05) is 18.2 Å². The fourth-order valence-corrected chi connectivity index (χ4v) is 6.23. The van der Waals surface area contributed by atoms with Gasteiger partial charge in [-0.3, -0.25) is 4.79 Å². The summed E-state index contributed by atoms with van der Waals surface area (Å²) in [6.45, 7) is 2.15. The van der Waals surface area contributed by atoms with Crippen LogP contribution in [0.4, 0.5) is 0 Å². The molecule has 3 heterocycles. The van der Waals surface area contributed by atoms with Gasteiger partial charge >= 0.3 is 0 Å². The Labute approximate surface area is 158 Å². The highest BCUT2D eigenvalue weighted by Gasteiger charge is 2.35. The van der Waals surface area contributed by atoms with Crippen LogP contribution in [0.5, 0.6) is 0 Å². The second-order valence-electron chi connectivity index (χ2n) is 6.89. The van der Waals surface area contributed by atoms with Crippen LogP contribution in [0.3, 0.4) is 0 Å². The molecule has 5 nitrogen and oxygen atoms in total. The van der Waals surface area contributed by atoms with Gasteiger partial charge in [0.05, 0.1) is 10.8 Å². The number of carbonyl (C=O) groups excluding carboxylic acids is 1. The maximum atomic E-state index is 13.0. The number of hydrogen-bond donors (Lipinski definition) is 0. The number of thiophene rings is 1. The molecule has 1 amide bonds. The van der Waals surface area contributed by atoms with Crippen LogP contribution in [0.1, 0.15) is 23.3 Å². The van der Waals surface area contributed by atoms with E-state index in [0.29, 0.717) is 18.0 Å². The first kappa shape index (κ1) is 17.7. The summed E-state index contributed by atoms with van der Waals surface area (Å²) in [5.41, 5.74) is 1.24. The van der Waals surface area contributed by atoms with Crippen LogP contribution in [0.25, 0.3) is 0 Å². The third kappa shape index (κ3) is 3.31. The van der Waals surface area contributed by atoms with Crippen molar-refractivity contribution in [2.45, 2.75) is 30.7 Å². The van der Waals surface area contributed by atoms with E-state index in [1.165, 1.54) is 14.7 Å². The number of hydrogen-bond acceptors (Lipinski definition) is 4. The van der Waals surface area contributed by atoms with Crippen molar-refractivity contribution in [3.63, 3.8) is 0 Å². The molecule has 1 aromatic heterocycles. The van der Waals surface area contributed by atoms with Crippen LogP contribution in [0.15, 0.2) is 46.7 Å². The van der Waals surface area contributed by atoms with Crippen molar-refractivity contribution in [1.82, 2.24) is 9.21 Å². The molecule has 2 aliphatic rings. The van der Waals surface area contributed by atoms with Crippen LogP contribution in [-0.4, -0.2) is 43.2 Å². The first-order chi connectivity index (χ1) is 12.6. The van der Waals surface area contributed by atoms with Crippen LogP contribution < -0.4 is 0 Å². The van der Waals surface area contributed by atoms with E-state index < -0.39 is 10.0 Å². The monoisotopic (exact) mass is 390 g/mol. The van der Waals surface area contributed by atoms with E-state index >= 15 is 0 Å². The third-order valence-corrected chi connectivity index (χ3v) is 8.14. The zero-order valence-electron chi connectivity index (χ0n) is 14.5. The topological polar surface area (TPSA) is 57.7 Å². The van der Waals surface area contributed by atoms with Crippen molar-refractivity contribution in [1.29, 1.82) is 0 Å². The predicted molar refractivity (Wildman–Crippen MR) is 101 cm³/mol. The number of benzene rings is 1. The van der Waals surface area contributed by atoms with Crippen molar-refractivity contribution < 1.29 is 13.2 Å². The van der Waals surface area contributed by atoms with E-state index in [9.17, 15) is 13.2 Å². The number of piperidine rings is 1. The molecule has 1 fully saturated rings. The van der Waals surface area contributed by atoms with E-state index in [-0.39, 0.29) is 18.4 Å². The normalized spacial score (nSPS) is 21.4. The summed E-state index contributed by atoms with van der Waals surface area (Å²) in [5, 5.41) is 2.08. The lowest BCUT2D eigenvalue weighted by Gasteiger charge is -2.35. The van der Waals surface area contributed by atoms with Gasteiger partial charge < -0.3 is 4.90 Å². The van der Waals surface area contributed by atoms with E-state index in [2.05, 4.69) is 11.4 Å². The van der Waals surface area contributed by atoms with Gasteiger partial charge in [-0.2, -0.15) is 4.31 Å². The number of carbonyl (C=O) groups is 1. The Bertz CT molecular complexity index is 893. The second kappa shape index (κ2) is 7.13. The molecule has 1 atom stereocenters. The standard InChI is InChI=1S/C19H22N2O3S2/c22-19(20-11-8-18-15(13-20)9-12-25-18)16-5-4-10-21(14-16)26(23,24)17-6-2-1-3-7-17/h1-3,6-7,9,12,16H,4-5,8,10-11,13-14H2. The Morgan fingerprint density at radius 3 is 2.73 bits per heavy atom.